The summed E-state index contributed by atoms with van der Waals surface area (Å²) < 4.78 is 22.1. The zero-order chi connectivity index (χ0) is 29.2. The van der Waals surface area contributed by atoms with Crippen LogP contribution in [0.3, 0.4) is 0 Å². The molecule has 0 aliphatic carbocycles. The van der Waals surface area contributed by atoms with Crippen LogP contribution in [0, 0.1) is 5.82 Å². The summed E-state index contributed by atoms with van der Waals surface area (Å²) in [6.07, 6.45) is 2.67. The van der Waals surface area contributed by atoms with Gasteiger partial charge in [0.05, 0.1) is 18.8 Å². The first-order chi connectivity index (χ1) is 19.8. The van der Waals surface area contributed by atoms with Gasteiger partial charge in [-0.1, -0.05) is 49.4 Å². The fraction of sp³-hybridized carbons (Fsp3) is 0.312. The maximum Gasteiger partial charge on any atom is 0.322 e. The summed E-state index contributed by atoms with van der Waals surface area (Å²) in [5.41, 5.74) is 2.09. The number of amides is 3. The zero-order valence-electron chi connectivity index (χ0n) is 23.9. The molecule has 0 aliphatic heterocycles. The molecular weight excluding hydrogens is 521 g/mol. The second-order valence-corrected chi connectivity index (χ2v) is 10.2. The lowest BCUT2D eigenvalue weighted by Gasteiger charge is -2.24. The van der Waals surface area contributed by atoms with Crippen molar-refractivity contribution >= 4 is 17.6 Å². The molecule has 9 heteroatoms. The van der Waals surface area contributed by atoms with Gasteiger partial charge in [-0.15, -0.1) is 0 Å². The monoisotopic (exact) mass is 559 g/mol. The number of furan rings is 1. The Morgan fingerprint density at radius 1 is 0.854 bits per heavy atom. The number of carbonyl (C=O) groups excluding carboxylic acids is 2. The van der Waals surface area contributed by atoms with E-state index in [1.807, 2.05) is 85.2 Å². The van der Waals surface area contributed by atoms with E-state index >= 15 is 0 Å². The second kappa shape index (κ2) is 14.3. The van der Waals surface area contributed by atoms with Gasteiger partial charge >= 0.3 is 6.03 Å². The number of nitrogens with one attached hydrogen (secondary N) is 1. The van der Waals surface area contributed by atoms with Crippen molar-refractivity contribution < 1.29 is 18.4 Å². The summed E-state index contributed by atoms with van der Waals surface area (Å²) in [6.45, 7) is 5.04. The number of hydrogen-bond acceptors (Lipinski definition) is 4. The Bertz CT molecular complexity index is 1420. The Labute approximate surface area is 241 Å². The fourth-order valence-corrected chi connectivity index (χ4v) is 4.50. The van der Waals surface area contributed by atoms with Gasteiger partial charge in [-0.25, -0.2) is 9.18 Å². The molecule has 3 amide bonds. The SMILES string of the molecule is CCCN(Cc1cccn1Cc1ccc(C(=O)N(CCN(C)C)Cc2ccccc2)o1)C(=O)Nc1ccccc1F. The Balaban J connectivity index is 1.44. The summed E-state index contributed by atoms with van der Waals surface area (Å²) in [5.74, 6) is 0.290. The van der Waals surface area contributed by atoms with Crippen molar-refractivity contribution in [2.45, 2.75) is 33.0 Å². The van der Waals surface area contributed by atoms with Crippen LogP contribution in [0.4, 0.5) is 14.9 Å². The zero-order valence-corrected chi connectivity index (χ0v) is 23.9. The molecule has 4 rings (SSSR count). The fourth-order valence-electron chi connectivity index (χ4n) is 4.50. The molecule has 0 aliphatic rings. The summed E-state index contributed by atoms with van der Waals surface area (Å²) in [6, 6.07) is 23.1. The quantitative estimate of drug-likeness (QED) is 0.221. The summed E-state index contributed by atoms with van der Waals surface area (Å²) in [7, 11) is 3.96. The van der Waals surface area contributed by atoms with Crippen molar-refractivity contribution in [2.24, 2.45) is 0 Å². The molecule has 0 unspecified atom stereocenters. The van der Waals surface area contributed by atoms with Crippen LogP contribution in [0.5, 0.6) is 0 Å². The topological polar surface area (TPSA) is 74.0 Å². The largest absolute Gasteiger partial charge is 0.454 e. The van der Waals surface area contributed by atoms with Crippen LogP contribution in [0.2, 0.25) is 0 Å². The molecule has 0 atom stereocenters. The minimum atomic E-state index is -0.479. The van der Waals surface area contributed by atoms with Gasteiger partial charge < -0.3 is 29.0 Å². The van der Waals surface area contributed by atoms with Crippen molar-refractivity contribution in [3.05, 3.63) is 114 Å². The number of rotatable bonds is 13. The molecule has 0 bridgehead atoms. The van der Waals surface area contributed by atoms with Crippen molar-refractivity contribution in [1.29, 1.82) is 0 Å². The summed E-state index contributed by atoms with van der Waals surface area (Å²) in [4.78, 5) is 31.9. The summed E-state index contributed by atoms with van der Waals surface area (Å²) >= 11 is 0. The van der Waals surface area contributed by atoms with Crippen LogP contribution in [-0.4, -0.2) is 64.9 Å². The van der Waals surface area contributed by atoms with Gasteiger partial charge in [0.1, 0.15) is 11.6 Å². The van der Waals surface area contributed by atoms with Crippen LogP contribution in [0.25, 0.3) is 0 Å². The maximum absolute atomic E-state index is 14.1. The first kappa shape index (κ1) is 29.6. The molecule has 0 fully saturated rings. The molecule has 2 aromatic carbocycles. The minimum Gasteiger partial charge on any atom is -0.454 e. The molecule has 4 aromatic rings. The number of urea groups is 1. The number of para-hydroxylation sites is 1. The van der Waals surface area contributed by atoms with Crippen molar-refractivity contribution in [3.63, 3.8) is 0 Å². The van der Waals surface area contributed by atoms with Gasteiger partial charge in [0, 0.05) is 38.1 Å². The van der Waals surface area contributed by atoms with E-state index in [-0.39, 0.29) is 17.6 Å². The highest BCUT2D eigenvalue weighted by Crippen LogP contribution is 2.18. The van der Waals surface area contributed by atoms with Gasteiger partial charge in [0.25, 0.3) is 5.91 Å². The van der Waals surface area contributed by atoms with Gasteiger partial charge in [0.15, 0.2) is 5.76 Å². The number of carbonyl (C=O) groups is 2. The van der Waals surface area contributed by atoms with E-state index in [2.05, 4.69) is 5.32 Å². The maximum atomic E-state index is 14.1. The molecule has 216 valence electrons. The highest BCUT2D eigenvalue weighted by Gasteiger charge is 2.21. The Morgan fingerprint density at radius 3 is 2.34 bits per heavy atom. The predicted octanol–water partition coefficient (Wildman–Crippen LogP) is 5.92. The third-order valence-corrected chi connectivity index (χ3v) is 6.69. The van der Waals surface area contributed by atoms with E-state index in [4.69, 9.17) is 4.42 Å². The van der Waals surface area contributed by atoms with E-state index in [9.17, 15) is 14.0 Å². The third-order valence-electron chi connectivity index (χ3n) is 6.69. The highest BCUT2D eigenvalue weighted by molar-refractivity contribution is 5.91. The third kappa shape index (κ3) is 8.31. The highest BCUT2D eigenvalue weighted by atomic mass is 19.1. The molecular formula is C32H38FN5O3. The Kier molecular flexibility index (Phi) is 10.3. The molecule has 0 spiro atoms. The van der Waals surface area contributed by atoms with Gasteiger partial charge in [-0.05, 0) is 62.5 Å². The smallest absolute Gasteiger partial charge is 0.322 e. The first-order valence-corrected chi connectivity index (χ1v) is 13.8. The average molecular weight is 560 g/mol. The van der Waals surface area contributed by atoms with Gasteiger partial charge in [-0.3, -0.25) is 4.79 Å². The summed E-state index contributed by atoms with van der Waals surface area (Å²) in [5, 5.41) is 2.68. The number of nitrogens with zero attached hydrogens (tertiary/aromatic N) is 4. The number of aromatic nitrogens is 1. The molecule has 0 saturated heterocycles. The van der Waals surface area contributed by atoms with E-state index in [1.54, 1.807) is 28.0 Å². The van der Waals surface area contributed by atoms with Gasteiger partial charge in [0.2, 0.25) is 0 Å². The number of anilines is 1. The number of benzene rings is 2. The standard InChI is InChI=1S/C32H38FN5O3/c1-4-18-38(32(40)34-29-15-9-8-14-28(29)33)23-26-13-10-19-36(26)24-27-16-17-30(41-27)31(39)37(21-20-35(2)3)22-25-11-6-5-7-12-25/h5-17,19H,4,18,20-24H2,1-3H3,(H,34,40). The van der Waals surface area contributed by atoms with Crippen LogP contribution < -0.4 is 5.32 Å². The van der Waals surface area contributed by atoms with Crippen molar-refractivity contribution in [3.8, 4) is 0 Å². The van der Waals surface area contributed by atoms with Gasteiger partial charge in [-0.2, -0.15) is 0 Å². The van der Waals surface area contributed by atoms with Crippen molar-refractivity contribution in [1.82, 2.24) is 19.3 Å². The lowest BCUT2D eigenvalue weighted by atomic mass is 10.2. The van der Waals surface area contributed by atoms with Crippen molar-refractivity contribution in [2.75, 3.05) is 39.0 Å². The molecule has 2 heterocycles. The average Bonchev–Trinajstić information content (AvgIpc) is 3.62. The molecule has 0 radical (unpaired) electrons. The minimum absolute atomic E-state index is 0.147. The number of halogens is 1. The van der Waals surface area contributed by atoms with Crippen LogP contribution in [0.15, 0.2) is 89.5 Å². The van der Waals surface area contributed by atoms with E-state index in [0.717, 1.165) is 24.2 Å². The Hall–Kier alpha value is -4.37. The van der Waals surface area contributed by atoms with Crippen LogP contribution in [0.1, 0.15) is 40.9 Å². The molecule has 1 N–H and O–H groups in total. The lowest BCUT2D eigenvalue weighted by molar-refractivity contribution is 0.0697. The number of hydrogen-bond donors (Lipinski definition) is 1. The first-order valence-electron chi connectivity index (χ1n) is 13.8. The molecule has 41 heavy (non-hydrogen) atoms. The second-order valence-electron chi connectivity index (χ2n) is 10.2. The van der Waals surface area contributed by atoms with E-state index in [1.165, 1.54) is 12.1 Å². The van der Waals surface area contributed by atoms with Crippen LogP contribution in [-0.2, 0) is 19.6 Å². The van der Waals surface area contributed by atoms with Crippen LogP contribution >= 0.6 is 0 Å². The molecule has 8 nitrogen and oxygen atoms in total. The predicted molar refractivity (Wildman–Crippen MR) is 158 cm³/mol. The molecule has 0 saturated carbocycles. The van der Waals surface area contributed by atoms with E-state index < -0.39 is 5.82 Å². The lowest BCUT2D eigenvalue weighted by Crippen LogP contribution is -2.36. The normalized spacial score (nSPS) is 11.0. The molecule has 2 aromatic heterocycles. The van der Waals surface area contributed by atoms with E-state index in [0.29, 0.717) is 44.2 Å². The Morgan fingerprint density at radius 2 is 1.61 bits per heavy atom. The number of likely N-dealkylation sites (N-methyl/N-ethyl adjacent to an activating group) is 1.